The number of carboxylic acid groups (broad SMARTS) is 1. The Morgan fingerprint density at radius 2 is 1.46 bits per heavy atom. The molecule has 5 rings (SSSR count). The summed E-state index contributed by atoms with van der Waals surface area (Å²) in [6.45, 7) is 0.528. The average molecular weight is 483 g/mol. The number of anilines is 1. The van der Waals surface area contributed by atoms with Crippen molar-refractivity contribution in [2.75, 3.05) is 4.72 Å². The molecule has 2 N–H and O–H groups in total. The van der Waals surface area contributed by atoms with Gasteiger partial charge in [0.25, 0.3) is 10.0 Å². The number of sulfonamides is 1. The number of aromatic carboxylic acids is 1. The zero-order valence-corrected chi connectivity index (χ0v) is 19.4. The van der Waals surface area contributed by atoms with Crippen LogP contribution in [-0.2, 0) is 16.6 Å². The first-order chi connectivity index (χ1) is 16.9. The zero-order chi connectivity index (χ0) is 24.4. The highest BCUT2D eigenvalue weighted by molar-refractivity contribution is 7.92. The molecular weight excluding hydrogens is 460 g/mol. The molecule has 5 aromatic rings. The van der Waals surface area contributed by atoms with Crippen LogP contribution in [0.15, 0.2) is 114 Å². The van der Waals surface area contributed by atoms with E-state index in [1.807, 2.05) is 59.3 Å². The number of carboxylic acids is 1. The number of fused-ring (bicyclic) bond motifs is 1. The van der Waals surface area contributed by atoms with Gasteiger partial charge < -0.3 is 9.67 Å². The average Bonchev–Trinajstić information content (AvgIpc) is 3.28. The summed E-state index contributed by atoms with van der Waals surface area (Å²) < 4.78 is 30.3. The molecule has 35 heavy (non-hydrogen) atoms. The van der Waals surface area contributed by atoms with Crippen molar-refractivity contribution in [3.05, 3.63) is 120 Å². The Balaban J connectivity index is 1.31. The van der Waals surface area contributed by atoms with Crippen LogP contribution in [0.4, 0.5) is 5.69 Å². The van der Waals surface area contributed by atoms with Crippen LogP contribution >= 0.6 is 0 Å². The molecule has 7 heteroatoms. The Bertz CT molecular complexity index is 1610. The highest BCUT2D eigenvalue weighted by Gasteiger charge is 2.15. The minimum atomic E-state index is -3.73. The molecule has 1 heterocycles. The first kappa shape index (κ1) is 22.4. The SMILES string of the molecule is O=C(O)c1cccc2c1ccn2Cc1ccc(NS(=O)(=O)c2ccc(-c3ccccc3)cc2)cc1. The van der Waals surface area contributed by atoms with E-state index in [1.54, 1.807) is 54.6 Å². The smallest absolute Gasteiger partial charge is 0.336 e. The standard InChI is InChI=1S/C28H22N2O4S/c31-28(32)26-7-4-8-27-25(26)17-18-30(27)19-20-9-13-23(14-10-20)29-35(33,34)24-15-11-22(12-16-24)21-5-2-1-3-6-21/h1-18,29H,19H2,(H,31,32). The molecular formula is C28H22N2O4S. The topological polar surface area (TPSA) is 88.4 Å². The number of nitrogens with zero attached hydrogens (tertiary/aromatic N) is 1. The van der Waals surface area contributed by atoms with Crippen molar-refractivity contribution in [3.8, 4) is 11.1 Å². The van der Waals surface area contributed by atoms with Crippen LogP contribution in [0.3, 0.4) is 0 Å². The van der Waals surface area contributed by atoms with Crippen LogP contribution in [0.1, 0.15) is 15.9 Å². The van der Waals surface area contributed by atoms with Crippen LogP contribution in [-0.4, -0.2) is 24.1 Å². The summed E-state index contributed by atoms with van der Waals surface area (Å²) in [7, 11) is -3.73. The Morgan fingerprint density at radius 1 is 0.771 bits per heavy atom. The largest absolute Gasteiger partial charge is 0.478 e. The third kappa shape index (κ3) is 4.67. The van der Waals surface area contributed by atoms with E-state index in [0.29, 0.717) is 17.6 Å². The molecule has 0 saturated heterocycles. The van der Waals surface area contributed by atoms with Gasteiger partial charge in [0.05, 0.1) is 10.5 Å². The molecule has 0 saturated carbocycles. The maximum absolute atomic E-state index is 12.9. The lowest BCUT2D eigenvalue weighted by molar-refractivity contribution is 0.0699. The van der Waals surface area contributed by atoms with E-state index in [4.69, 9.17) is 0 Å². The molecule has 0 aliphatic rings. The highest BCUT2D eigenvalue weighted by Crippen LogP contribution is 2.24. The fourth-order valence-corrected chi connectivity index (χ4v) is 5.15. The summed E-state index contributed by atoms with van der Waals surface area (Å²) in [6, 6.07) is 30.7. The Hall–Kier alpha value is -4.36. The number of benzene rings is 4. The van der Waals surface area contributed by atoms with Gasteiger partial charge in [0.1, 0.15) is 0 Å². The van der Waals surface area contributed by atoms with Gasteiger partial charge in [0, 0.05) is 29.3 Å². The summed E-state index contributed by atoms with van der Waals surface area (Å²) >= 11 is 0. The lowest BCUT2D eigenvalue weighted by Crippen LogP contribution is -2.12. The third-order valence-electron chi connectivity index (χ3n) is 5.87. The lowest BCUT2D eigenvalue weighted by atomic mass is 10.1. The first-order valence-corrected chi connectivity index (χ1v) is 12.5. The van der Waals surface area contributed by atoms with Crippen molar-refractivity contribution in [2.45, 2.75) is 11.4 Å². The van der Waals surface area contributed by atoms with Crippen molar-refractivity contribution < 1.29 is 18.3 Å². The molecule has 4 aromatic carbocycles. The van der Waals surface area contributed by atoms with Gasteiger partial charge in [-0.1, -0.05) is 60.7 Å². The van der Waals surface area contributed by atoms with E-state index >= 15 is 0 Å². The van der Waals surface area contributed by atoms with Gasteiger partial charge in [-0.15, -0.1) is 0 Å². The van der Waals surface area contributed by atoms with Gasteiger partial charge in [-0.05, 0) is 59.2 Å². The van der Waals surface area contributed by atoms with Gasteiger partial charge in [-0.25, -0.2) is 13.2 Å². The Morgan fingerprint density at radius 3 is 2.14 bits per heavy atom. The Kier molecular flexibility index (Phi) is 5.84. The van der Waals surface area contributed by atoms with E-state index in [1.165, 1.54) is 0 Å². The van der Waals surface area contributed by atoms with Crippen molar-refractivity contribution in [1.29, 1.82) is 0 Å². The second-order valence-electron chi connectivity index (χ2n) is 8.18. The number of rotatable bonds is 7. The summed E-state index contributed by atoms with van der Waals surface area (Å²) in [5.74, 6) is -0.959. The van der Waals surface area contributed by atoms with Crippen LogP contribution in [0.25, 0.3) is 22.0 Å². The molecule has 0 radical (unpaired) electrons. The lowest BCUT2D eigenvalue weighted by Gasteiger charge is -2.11. The van der Waals surface area contributed by atoms with Gasteiger partial charge in [-0.2, -0.15) is 0 Å². The normalized spacial score (nSPS) is 11.4. The number of nitrogens with one attached hydrogen (secondary N) is 1. The molecule has 0 unspecified atom stereocenters. The maximum atomic E-state index is 12.9. The molecule has 0 aliphatic heterocycles. The van der Waals surface area contributed by atoms with Gasteiger partial charge >= 0.3 is 5.97 Å². The second kappa shape index (κ2) is 9.12. The predicted octanol–water partition coefficient (Wildman–Crippen LogP) is 5.86. The monoisotopic (exact) mass is 482 g/mol. The van der Waals surface area contributed by atoms with E-state index in [9.17, 15) is 18.3 Å². The Labute approximate surface area is 203 Å². The number of hydrogen-bond donors (Lipinski definition) is 2. The molecule has 0 aliphatic carbocycles. The van der Waals surface area contributed by atoms with E-state index < -0.39 is 16.0 Å². The fourth-order valence-electron chi connectivity index (χ4n) is 4.09. The summed E-state index contributed by atoms with van der Waals surface area (Å²) in [5, 5.41) is 10.1. The fraction of sp³-hybridized carbons (Fsp3) is 0.0357. The van der Waals surface area contributed by atoms with Crippen LogP contribution < -0.4 is 4.72 Å². The molecule has 174 valence electrons. The summed E-state index contributed by atoms with van der Waals surface area (Å²) in [6.07, 6.45) is 1.85. The minimum absolute atomic E-state index is 0.189. The zero-order valence-electron chi connectivity index (χ0n) is 18.6. The number of carbonyl (C=O) groups is 1. The summed E-state index contributed by atoms with van der Waals surface area (Å²) in [4.78, 5) is 11.6. The first-order valence-electron chi connectivity index (χ1n) is 11.0. The molecule has 6 nitrogen and oxygen atoms in total. The molecule has 1 aromatic heterocycles. The van der Waals surface area contributed by atoms with E-state index in [2.05, 4.69) is 4.72 Å². The van der Waals surface area contributed by atoms with Gasteiger partial charge in [-0.3, -0.25) is 4.72 Å². The van der Waals surface area contributed by atoms with Gasteiger partial charge in [0.15, 0.2) is 0 Å². The van der Waals surface area contributed by atoms with Crippen molar-refractivity contribution in [3.63, 3.8) is 0 Å². The van der Waals surface area contributed by atoms with Crippen molar-refractivity contribution in [2.24, 2.45) is 0 Å². The van der Waals surface area contributed by atoms with E-state index in [0.717, 1.165) is 22.2 Å². The van der Waals surface area contributed by atoms with Crippen LogP contribution in [0.5, 0.6) is 0 Å². The molecule has 0 bridgehead atoms. The van der Waals surface area contributed by atoms with Crippen molar-refractivity contribution >= 4 is 32.6 Å². The van der Waals surface area contributed by atoms with Crippen LogP contribution in [0, 0.1) is 0 Å². The quantitative estimate of drug-likeness (QED) is 0.304. The number of aromatic nitrogens is 1. The third-order valence-corrected chi connectivity index (χ3v) is 7.27. The minimum Gasteiger partial charge on any atom is -0.478 e. The highest BCUT2D eigenvalue weighted by atomic mass is 32.2. The maximum Gasteiger partial charge on any atom is 0.336 e. The molecule has 0 amide bonds. The molecule has 0 atom stereocenters. The van der Waals surface area contributed by atoms with E-state index in [-0.39, 0.29) is 10.5 Å². The summed E-state index contributed by atoms with van der Waals surface area (Å²) in [5.41, 5.74) is 4.48. The molecule has 0 spiro atoms. The van der Waals surface area contributed by atoms with Crippen molar-refractivity contribution in [1.82, 2.24) is 4.57 Å². The predicted molar refractivity (Wildman–Crippen MR) is 137 cm³/mol. The molecule has 0 fully saturated rings. The van der Waals surface area contributed by atoms with Gasteiger partial charge in [0.2, 0.25) is 0 Å². The number of hydrogen-bond acceptors (Lipinski definition) is 3. The second-order valence-corrected chi connectivity index (χ2v) is 9.86. The van der Waals surface area contributed by atoms with Crippen LogP contribution in [0.2, 0.25) is 0 Å².